The van der Waals surface area contributed by atoms with Crippen LogP contribution in [0.2, 0.25) is 0 Å². The number of sulfonamides is 1. The highest BCUT2D eigenvalue weighted by Crippen LogP contribution is 2.25. The zero-order valence-corrected chi connectivity index (χ0v) is 18.1. The van der Waals surface area contributed by atoms with Gasteiger partial charge < -0.3 is 0 Å². The summed E-state index contributed by atoms with van der Waals surface area (Å²) in [6, 6.07) is 14.8. The Balaban J connectivity index is 1.49. The molecular weight excluding hydrogens is 384 g/mol. The molecule has 1 aliphatic rings. The first-order chi connectivity index (χ1) is 13.9. The van der Waals surface area contributed by atoms with Crippen LogP contribution < -0.4 is 0 Å². The fraction of sp³-hybridized carbons (Fsp3) is 0.409. The van der Waals surface area contributed by atoms with Crippen molar-refractivity contribution in [3.05, 3.63) is 59.4 Å². The van der Waals surface area contributed by atoms with E-state index in [4.69, 9.17) is 0 Å². The van der Waals surface area contributed by atoms with Crippen molar-refractivity contribution in [1.82, 2.24) is 19.0 Å². The molecule has 0 spiro atoms. The zero-order chi connectivity index (χ0) is 20.6. The molecule has 1 fully saturated rings. The van der Waals surface area contributed by atoms with E-state index >= 15 is 0 Å². The summed E-state index contributed by atoms with van der Waals surface area (Å²) in [5.41, 5.74) is 2.60. The Hall–Kier alpha value is -2.22. The lowest BCUT2D eigenvalue weighted by atomic mass is 10.0. The van der Waals surface area contributed by atoms with Gasteiger partial charge in [0.05, 0.1) is 11.4 Å². The van der Waals surface area contributed by atoms with E-state index in [9.17, 15) is 8.42 Å². The summed E-state index contributed by atoms with van der Waals surface area (Å²) in [4.78, 5) is 2.71. The van der Waals surface area contributed by atoms with E-state index in [0.717, 1.165) is 25.3 Å². The van der Waals surface area contributed by atoms with Crippen LogP contribution in [0.25, 0.3) is 10.8 Å². The molecular formula is C22H28N4O2S. The molecule has 1 aromatic heterocycles. The highest BCUT2D eigenvalue weighted by atomic mass is 32.2. The van der Waals surface area contributed by atoms with Crippen molar-refractivity contribution in [1.29, 1.82) is 0 Å². The molecule has 1 aliphatic heterocycles. The first kappa shape index (κ1) is 20.1. The van der Waals surface area contributed by atoms with E-state index in [1.807, 2.05) is 13.8 Å². The molecule has 0 N–H and O–H groups in total. The number of fused-ring (bicyclic) bond motifs is 1. The molecule has 7 heteroatoms. The van der Waals surface area contributed by atoms with Gasteiger partial charge in [0.1, 0.15) is 4.90 Å². The van der Waals surface area contributed by atoms with Crippen LogP contribution in [0.3, 0.4) is 0 Å². The number of benzene rings is 2. The van der Waals surface area contributed by atoms with Crippen LogP contribution in [0.4, 0.5) is 0 Å². The molecule has 0 aliphatic carbocycles. The molecule has 1 saturated heterocycles. The first-order valence-corrected chi connectivity index (χ1v) is 11.6. The van der Waals surface area contributed by atoms with Gasteiger partial charge in [0.25, 0.3) is 0 Å². The standard InChI is InChI=1S/C22H28N4O2S/c1-4-26-18(3)22(17(2)23-26)29(27,28)25-14-12-24(13-15-25)16-20-10-7-9-19-8-5-6-11-21(19)20/h5-11H,4,12-16H2,1-3H3. The van der Waals surface area contributed by atoms with Gasteiger partial charge in [-0.3, -0.25) is 9.58 Å². The lowest BCUT2D eigenvalue weighted by molar-refractivity contribution is 0.182. The average Bonchev–Trinajstić information content (AvgIpc) is 3.02. The van der Waals surface area contributed by atoms with Gasteiger partial charge in [-0.2, -0.15) is 9.40 Å². The molecule has 0 atom stereocenters. The van der Waals surface area contributed by atoms with Crippen molar-refractivity contribution < 1.29 is 8.42 Å². The second-order valence-corrected chi connectivity index (χ2v) is 9.51. The number of hydrogen-bond acceptors (Lipinski definition) is 4. The maximum absolute atomic E-state index is 13.3. The quantitative estimate of drug-likeness (QED) is 0.646. The van der Waals surface area contributed by atoms with Crippen molar-refractivity contribution in [2.45, 2.75) is 38.8 Å². The molecule has 0 amide bonds. The molecule has 0 unspecified atom stereocenters. The summed E-state index contributed by atoms with van der Waals surface area (Å²) in [7, 11) is -3.52. The number of nitrogens with zero attached hydrogens (tertiary/aromatic N) is 4. The molecule has 6 nitrogen and oxygen atoms in total. The maximum atomic E-state index is 13.3. The summed E-state index contributed by atoms with van der Waals surface area (Å²) >= 11 is 0. The third-order valence-electron chi connectivity index (χ3n) is 5.82. The monoisotopic (exact) mass is 412 g/mol. The molecule has 0 radical (unpaired) electrons. The first-order valence-electron chi connectivity index (χ1n) is 10.1. The molecule has 0 bridgehead atoms. The summed E-state index contributed by atoms with van der Waals surface area (Å²) in [6.07, 6.45) is 0. The van der Waals surface area contributed by atoms with E-state index in [1.165, 1.54) is 16.3 Å². The van der Waals surface area contributed by atoms with Crippen molar-refractivity contribution in [2.75, 3.05) is 26.2 Å². The second-order valence-electron chi connectivity index (χ2n) is 7.63. The van der Waals surface area contributed by atoms with Crippen LogP contribution in [0.1, 0.15) is 23.9 Å². The number of piperazine rings is 1. The number of rotatable bonds is 5. The van der Waals surface area contributed by atoms with Gasteiger partial charge >= 0.3 is 0 Å². The zero-order valence-electron chi connectivity index (χ0n) is 17.3. The van der Waals surface area contributed by atoms with Crippen LogP contribution in [0, 0.1) is 13.8 Å². The smallest absolute Gasteiger partial charge is 0.246 e. The Kier molecular flexibility index (Phi) is 5.46. The molecule has 0 saturated carbocycles. The summed E-state index contributed by atoms with van der Waals surface area (Å²) in [6.45, 7) is 9.55. The molecule has 29 heavy (non-hydrogen) atoms. The van der Waals surface area contributed by atoms with Crippen LogP contribution in [-0.4, -0.2) is 53.6 Å². The van der Waals surface area contributed by atoms with Gasteiger partial charge in [0, 0.05) is 39.3 Å². The fourth-order valence-corrected chi connectivity index (χ4v) is 6.09. The van der Waals surface area contributed by atoms with Crippen LogP contribution in [0.15, 0.2) is 47.4 Å². The van der Waals surface area contributed by atoms with Crippen molar-refractivity contribution in [3.63, 3.8) is 0 Å². The summed E-state index contributed by atoms with van der Waals surface area (Å²) in [5.74, 6) is 0. The van der Waals surface area contributed by atoms with Gasteiger partial charge in [0.2, 0.25) is 10.0 Å². The average molecular weight is 413 g/mol. The van der Waals surface area contributed by atoms with Gasteiger partial charge in [-0.15, -0.1) is 0 Å². The molecule has 2 aromatic carbocycles. The highest BCUT2D eigenvalue weighted by Gasteiger charge is 2.33. The van der Waals surface area contributed by atoms with Gasteiger partial charge in [-0.25, -0.2) is 8.42 Å². The van der Waals surface area contributed by atoms with Gasteiger partial charge in [-0.1, -0.05) is 42.5 Å². The lowest BCUT2D eigenvalue weighted by Crippen LogP contribution is -2.48. The third-order valence-corrected chi connectivity index (χ3v) is 7.97. The maximum Gasteiger partial charge on any atom is 0.246 e. The lowest BCUT2D eigenvalue weighted by Gasteiger charge is -2.34. The molecule has 3 aromatic rings. The predicted molar refractivity (Wildman–Crippen MR) is 115 cm³/mol. The Morgan fingerprint density at radius 2 is 1.66 bits per heavy atom. The molecule has 4 rings (SSSR count). The number of aryl methyl sites for hydroxylation is 2. The van der Waals surface area contributed by atoms with Crippen molar-refractivity contribution in [3.8, 4) is 0 Å². The minimum Gasteiger partial charge on any atom is -0.296 e. The van der Waals surface area contributed by atoms with Gasteiger partial charge in [-0.05, 0) is 37.1 Å². The van der Waals surface area contributed by atoms with Gasteiger partial charge in [0.15, 0.2) is 0 Å². The van der Waals surface area contributed by atoms with E-state index < -0.39 is 10.0 Å². The summed E-state index contributed by atoms with van der Waals surface area (Å²) in [5, 5.41) is 6.90. The van der Waals surface area contributed by atoms with E-state index in [2.05, 4.69) is 52.5 Å². The van der Waals surface area contributed by atoms with Crippen LogP contribution in [0.5, 0.6) is 0 Å². The Labute approximate surface area is 172 Å². The Morgan fingerprint density at radius 1 is 0.966 bits per heavy atom. The topological polar surface area (TPSA) is 58.4 Å². The highest BCUT2D eigenvalue weighted by molar-refractivity contribution is 7.89. The van der Waals surface area contributed by atoms with Crippen molar-refractivity contribution in [2.24, 2.45) is 0 Å². The SMILES string of the molecule is CCn1nc(C)c(S(=O)(=O)N2CCN(Cc3cccc4ccccc34)CC2)c1C. The molecule has 2 heterocycles. The van der Waals surface area contributed by atoms with E-state index in [-0.39, 0.29) is 0 Å². The largest absolute Gasteiger partial charge is 0.296 e. The van der Waals surface area contributed by atoms with E-state index in [1.54, 1.807) is 15.9 Å². The van der Waals surface area contributed by atoms with E-state index in [0.29, 0.717) is 30.2 Å². The third kappa shape index (κ3) is 3.70. The Bertz CT molecular complexity index is 1120. The summed E-state index contributed by atoms with van der Waals surface area (Å²) < 4.78 is 29.9. The minimum atomic E-state index is -3.52. The second kappa shape index (κ2) is 7.89. The Morgan fingerprint density at radius 3 is 2.34 bits per heavy atom. The van der Waals surface area contributed by atoms with Crippen LogP contribution >= 0.6 is 0 Å². The molecule has 154 valence electrons. The normalized spacial score (nSPS) is 16.5. The van der Waals surface area contributed by atoms with Crippen LogP contribution in [-0.2, 0) is 23.1 Å². The van der Waals surface area contributed by atoms with Crippen molar-refractivity contribution >= 4 is 20.8 Å². The number of aromatic nitrogens is 2. The fourth-order valence-electron chi connectivity index (χ4n) is 4.29. The minimum absolute atomic E-state index is 0.377. The number of hydrogen-bond donors (Lipinski definition) is 0. The predicted octanol–water partition coefficient (Wildman–Crippen LogP) is 3.18.